The molecule has 3 N–H and O–H groups in total. The molecule has 0 bridgehead atoms. The van der Waals surface area contributed by atoms with Crippen LogP contribution in [-0.4, -0.2) is 55.9 Å². The van der Waals surface area contributed by atoms with Gasteiger partial charge in [-0.05, 0) is 59.2 Å². The largest absolute Gasteiger partial charge is 0.480 e. The molecule has 0 aliphatic rings. The van der Waals surface area contributed by atoms with Crippen LogP contribution in [0.15, 0.2) is 72.8 Å². The van der Waals surface area contributed by atoms with Crippen molar-refractivity contribution < 1.29 is 23.1 Å². The molecule has 0 heterocycles. The first-order valence-electron chi connectivity index (χ1n) is 13.8. The Balaban J connectivity index is 1.86. The molecule has 0 radical (unpaired) electrons. The number of rotatable bonds is 15. The van der Waals surface area contributed by atoms with Gasteiger partial charge >= 0.3 is 5.97 Å². The van der Waals surface area contributed by atoms with Crippen LogP contribution >= 0.6 is 11.6 Å². The summed E-state index contributed by atoms with van der Waals surface area (Å²) in [7, 11) is -3.39. The van der Waals surface area contributed by atoms with E-state index in [0.29, 0.717) is 29.5 Å². The van der Waals surface area contributed by atoms with Gasteiger partial charge in [0.1, 0.15) is 15.9 Å². The number of alkyl halides is 1. The van der Waals surface area contributed by atoms with Crippen molar-refractivity contribution in [2.24, 2.45) is 5.92 Å². The zero-order valence-electron chi connectivity index (χ0n) is 23.8. The maximum atomic E-state index is 13.4. The van der Waals surface area contributed by atoms with Gasteiger partial charge in [-0.25, -0.2) is 13.2 Å². The summed E-state index contributed by atoms with van der Waals surface area (Å²) in [6.07, 6.45) is 1.79. The van der Waals surface area contributed by atoms with Gasteiger partial charge in [0.2, 0.25) is 0 Å². The lowest BCUT2D eigenvalue weighted by molar-refractivity contribution is -0.139. The number of sulfone groups is 1. The molecule has 41 heavy (non-hydrogen) atoms. The number of halogens is 1. The molecule has 3 aromatic carbocycles. The summed E-state index contributed by atoms with van der Waals surface area (Å²) in [5.41, 5.74) is 5.04. The van der Waals surface area contributed by atoms with E-state index in [1.54, 1.807) is 6.07 Å². The quantitative estimate of drug-likeness (QED) is 0.201. The number of carboxylic acid groups (broad SMARTS) is 1. The standard InChI is InChI=1S/C32H39ClN2O5S/c1-4-24(19-33)29(25-11-6-5-7-12-25)21-34-20-23-14-15-27(28(18-23)26-13-9-8-10-22(26)2)31(36)35-30(32(37)38)16-17-41(3,39)40/h5-15,18,24,29-30,34H,4,16-17,19-21H2,1-3H3,(H,35,36)(H,37,38)/t24?,29?,30-/m0/s1. The molecule has 0 saturated heterocycles. The van der Waals surface area contributed by atoms with E-state index in [9.17, 15) is 23.1 Å². The number of carboxylic acids is 1. The summed E-state index contributed by atoms with van der Waals surface area (Å²) in [6.45, 7) is 5.40. The third-order valence-corrected chi connectivity index (χ3v) is 8.73. The van der Waals surface area contributed by atoms with Gasteiger partial charge in [0, 0.05) is 36.7 Å². The minimum absolute atomic E-state index is 0.217. The van der Waals surface area contributed by atoms with Crippen molar-refractivity contribution in [3.05, 3.63) is 95.1 Å². The van der Waals surface area contributed by atoms with Crippen molar-refractivity contribution in [1.82, 2.24) is 10.6 Å². The Hall–Kier alpha value is -3.20. The van der Waals surface area contributed by atoms with Crippen LogP contribution in [0, 0.1) is 12.8 Å². The molecule has 3 atom stereocenters. The van der Waals surface area contributed by atoms with Gasteiger partial charge in [-0.1, -0.05) is 74.0 Å². The molecular weight excluding hydrogens is 560 g/mol. The summed E-state index contributed by atoms with van der Waals surface area (Å²) in [5, 5.41) is 15.7. The van der Waals surface area contributed by atoms with Gasteiger partial charge < -0.3 is 15.7 Å². The summed E-state index contributed by atoms with van der Waals surface area (Å²) in [6, 6.07) is 22.2. The smallest absolute Gasteiger partial charge is 0.326 e. The second-order valence-electron chi connectivity index (χ2n) is 10.4. The summed E-state index contributed by atoms with van der Waals surface area (Å²) in [5.74, 6) is -1.05. The molecule has 0 fully saturated rings. The van der Waals surface area contributed by atoms with Crippen LogP contribution in [0.4, 0.5) is 0 Å². The van der Waals surface area contributed by atoms with Crippen LogP contribution in [-0.2, 0) is 21.2 Å². The summed E-state index contributed by atoms with van der Waals surface area (Å²) < 4.78 is 23.2. The molecule has 0 aliphatic heterocycles. The average molecular weight is 599 g/mol. The van der Waals surface area contributed by atoms with Gasteiger partial charge in [0.15, 0.2) is 0 Å². The fourth-order valence-electron chi connectivity index (χ4n) is 4.95. The first-order chi connectivity index (χ1) is 19.5. The van der Waals surface area contributed by atoms with E-state index in [0.717, 1.165) is 35.9 Å². The Kier molecular flexibility index (Phi) is 11.9. The number of nitrogens with one attached hydrogen (secondary N) is 2. The number of aryl methyl sites for hydroxylation is 1. The van der Waals surface area contributed by atoms with Crippen LogP contribution in [0.3, 0.4) is 0 Å². The van der Waals surface area contributed by atoms with E-state index in [-0.39, 0.29) is 18.1 Å². The van der Waals surface area contributed by atoms with Crippen molar-refractivity contribution in [3.8, 4) is 11.1 Å². The van der Waals surface area contributed by atoms with Crippen LogP contribution in [0.2, 0.25) is 0 Å². The zero-order valence-corrected chi connectivity index (χ0v) is 25.3. The molecule has 9 heteroatoms. The molecular formula is C32H39ClN2O5S. The molecule has 0 aromatic heterocycles. The number of carbonyl (C=O) groups excluding carboxylic acids is 1. The Labute approximate surface area is 248 Å². The van der Waals surface area contributed by atoms with Gasteiger partial charge in [-0.3, -0.25) is 4.79 Å². The predicted molar refractivity (Wildman–Crippen MR) is 165 cm³/mol. The highest BCUT2D eigenvalue weighted by Crippen LogP contribution is 2.30. The predicted octanol–water partition coefficient (Wildman–Crippen LogP) is 5.42. The third kappa shape index (κ3) is 9.42. The van der Waals surface area contributed by atoms with Crippen LogP contribution in [0.25, 0.3) is 11.1 Å². The normalized spacial score (nSPS) is 13.8. The van der Waals surface area contributed by atoms with Crippen molar-refractivity contribution in [3.63, 3.8) is 0 Å². The minimum atomic E-state index is -3.39. The van der Waals surface area contributed by atoms with Crippen LogP contribution < -0.4 is 10.6 Å². The lowest BCUT2D eigenvalue weighted by Crippen LogP contribution is -2.42. The lowest BCUT2D eigenvalue weighted by atomic mass is 9.85. The average Bonchev–Trinajstić information content (AvgIpc) is 2.95. The first kappa shape index (κ1) is 32.3. The fraction of sp³-hybridized carbons (Fsp3) is 0.375. The van der Waals surface area contributed by atoms with Crippen molar-refractivity contribution >= 4 is 33.3 Å². The number of hydrogen-bond donors (Lipinski definition) is 3. The van der Waals surface area contributed by atoms with E-state index in [4.69, 9.17) is 11.6 Å². The fourth-order valence-corrected chi connectivity index (χ4v) is 6.05. The van der Waals surface area contributed by atoms with Crippen LogP contribution in [0.5, 0.6) is 0 Å². The van der Waals surface area contributed by atoms with Crippen molar-refractivity contribution in [2.75, 3.05) is 24.4 Å². The number of carbonyl (C=O) groups is 2. The first-order valence-corrected chi connectivity index (χ1v) is 16.4. The summed E-state index contributed by atoms with van der Waals surface area (Å²) >= 11 is 6.32. The number of amides is 1. The van der Waals surface area contributed by atoms with Gasteiger partial charge in [0.05, 0.1) is 5.75 Å². The second-order valence-corrected chi connectivity index (χ2v) is 13.0. The molecule has 7 nitrogen and oxygen atoms in total. The molecule has 0 spiro atoms. The molecule has 220 valence electrons. The van der Waals surface area contributed by atoms with Gasteiger partial charge in [-0.15, -0.1) is 11.6 Å². The highest BCUT2D eigenvalue weighted by atomic mass is 35.5. The van der Waals surface area contributed by atoms with E-state index < -0.39 is 27.8 Å². The zero-order chi connectivity index (χ0) is 30.0. The Morgan fingerprint density at radius 1 is 0.976 bits per heavy atom. The monoisotopic (exact) mass is 598 g/mol. The summed E-state index contributed by atoms with van der Waals surface area (Å²) in [4.78, 5) is 25.1. The Bertz CT molecular complexity index is 1430. The van der Waals surface area contributed by atoms with Crippen molar-refractivity contribution in [2.45, 2.75) is 45.2 Å². The van der Waals surface area contributed by atoms with E-state index >= 15 is 0 Å². The number of aliphatic carboxylic acids is 1. The second kappa shape index (κ2) is 15.1. The van der Waals surface area contributed by atoms with Gasteiger partial charge in [-0.2, -0.15) is 0 Å². The van der Waals surface area contributed by atoms with Crippen LogP contribution in [0.1, 0.15) is 52.7 Å². The van der Waals surface area contributed by atoms with Gasteiger partial charge in [0.25, 0.3) is 5.91 Å². The van der Waals surface area contributed by atoms with E-state index in [1.807, 2.05) is 61.5 Å². The minimum Gasteiger partial charge on any atom is -0.480 e. The number of benzene rings is 3. The molecule has 3 aromatic rings. The van der Waals surface area contributed by atoms with Crippen molar-refractivity contribution in [1.29, 1.82) is 0 Å². The Morgan fingerprint density at radius 3 is 2.27 bits per heavy atom. The van der Waals surface area contributed by atoms with E-state index in [2.05, 4.69) is 29.7 Å². The highest BCUT2D eigenvalue weighted by molar-refractivity contribution is 7.90. The third-order valence-electron chi connectivity index (χ3n) is 7.36. The highest BCUT2D eigenvalue weighted by Gasteiger charge is 2.25. The maximum Gasteiger partial charge on any atom is 0.326 e. The molecule has 2 unspecified atom stereocenters. The molecule has 1 amide bonds. The molecule has 3 rings (SSSR count). The lowest BCUT2D eigenvalue weighted by Gasteiger charge is -2.26. The SMILES string of the molecule is CCC(CCl)C(CNCc1ccc(C(=O)N[C@@H](CCS(C)(=O)=O)C(=O)O)c(-c2ccccc2C)c1)c1ccccc1. The van der Waals surface area contributed by atoms with E-state index in [1.165, 1.54) is 5.56 Å². The molecule has 0 saturated carbocycles. The Morgan fingerprint density at radius 2 is 1.66 bits per heavy atom. The topological polar surface area (TPSA) is 113 Å². The maximum absolute atomic E-state index is 13.4. The number of hydrogen-bond acceptors (Lipinski definition) is 5. The molecule has 0 aliphatic carbocycles.